The van der Waals surface area contributed by atoms with Gasteiger partial charge in [0, 0.05) is 37.6 Å². The Hall–Kier alpha value is -1.18. The number of nitrogens with one attached hydrogen (secondary N) is 1. The smallest absolute Gasteiger partial charge is 0.211 e. The van der Waals surface area contributed by atoms with Crippen LogP contribution in [-0.4, -0.2) is 50.1 Å². The molecule has 1 N–H and O–H groups in total. The van der Waals surface area contributed by atoms with Gasteiger partial charge in [-0.1, -0.05) is 12.2 Å². The Balaban J connectivity index is 1.99. The highest BCUT2D eigenvalue weighted by molar-refractivity contribution is 7.88. The summed E-state index contributed by atoms with van der Waals surface area (Å²) < 4.78 is 24.5. The molecule has 20 heavy (non-hydrogen) atoms. The summed E-state index contributed by atoms with van der Waals surface area (Å²) in [5, 5.41) is 3.09. The number of anilines is 2. The number of thiocarbonyl (C=S) groups is 1. The summed E-state index contributed by atoms with van der Waals surface area (Å²) in [6, 6.07) is 8.01. The van der Waals surface area contributed by atoms with Gasteiger partial charge < -0.3 is 10.2 Å². The molecule has 5 nitrogen and oxygen atoms in total. The van der Waals surface area contributed by atoms with Gasteiger partial charge in [0.05, 0.1) is 11.2 Å². The van der Waals surface area contributed by atoms with Crippen LogP contribution in [0.2, 0.25) is 0 Å². The summed E-state index contributed by atoms with van der Waals surface area (Å²) in [4.78, 5) is 2.93. The van der Waals surface area contributed by atoms with Crippen molar-refractivity contribution in [1.29, 1.82) is 0 Å². The molecule has 110 valence electrons. The van der Waals surface area contributed by atoms with Gasteiger partial charge in [-0.15, -0.1) is 0 Å². The molecule has 0 aromatic heterocycles. The maximum absolute atomic E-state index is 11.5. The summed E-state index contributed by atoms with van der Waals surface area (Å²) in [5.41, 5.74) is 2.07. The molecule has 0 amide bonds. The molecule has 1 fully saturated rings. The first kappa shape index (κ1) is 15.2. The summed E-state index contributed by atoms with van der Waals surface area (Å²) in [6.45, 7) is 4.35. The topological polar surface area (TPSA) is 52.6 Å². The molecule has 1 saturated heterocycles. The maximum atomic E-state index is 11.5. The van der Waals surface area contributed by atoms with Crippen molar-refractivity contribution < 1.29 is 8.42 Å². The van der Waals surface area contributed by atoms with Crippen LogP contribution in [0, 0.1) is 0 Å². The molecular formula is C13H19N3O2S2. The highest BCUT2D eigenvalue weighted by Crippen LogP contribution is 2.20. The van der Waals surface area contributed by atoms with Crippen LogP contribution in [0.5, 0.6) is 0 Å². The van der Waals surface area contributed by atoms with Gasteiger partial charge in [0.15, 0.2) is 0 Å². The molecule has 0 saturated carbocycles. The predicted octanol–water partition coefficient (Wildman–Crippen LogP) is 1.53. The van der Waals surface area contributed by atoms with Crippen LogP contribution in [0.3, 0.4) is 0 Å². The minimum atomic E-state index is -3.07. The second-order valence-corrected chi connectivity index (χ2v) is 7.47. The van der Waals surface area contributed by atoms with Gasteiger partial charge in [-0.25, -0.2) is 8.42 Å². The molecular weight excluding hydrogens is 294 g/mol. The van der Waals surface area contributed by atoms with E-state index in [1.54, 1.807) is 0 Å². The van der Waals surface area contributed by atoms with E-state index in [2.05, 4.69) is 10.2 Å². The molecule has 0 bridgehead atoms. The van der Waals surface area contributed by atoms with Crippen molar-refractivity contribution in [1.82, 2.24) is 4.31 Å². The highest BCUT2D eigenvalue weighted by atomic mass is 32.2. The van der Waals surface area contributed by atoms with Gasteiger partial charge in [0.1, 0.15) is 0 Å². The zero-order valence-electron chi connectivity index (χ0n) is 11.7. The summed E-state index contributed by atoms with van der Waals surface area (Å²) in [7, 11) is -3.07. The van der Waals surface area contributed by atoms with E-state index >= 15 is 0 Å². The van der Waals surface area contributed by atoms with Crippen LogP contribution in [0.1, 0.15) is 6.92 Å². The minimum Gasteiger partial charge on any atom is -0.369 e. The number of hydrogen-bond acceptors (Lipinski definition) is 4. The number of hydrogen-bond donors (Lipinski definition) is 1. The molecule has 1 aromatic rings. The molecule has 1 heterocycles. The fraction of sp³-hybridized carbons (Fsp3) is 0.462. The van der Waals surface area contributed by atoms with E-state index in [1.807, 2.05) is 31.2 Å². The highest BCUT2D eigenvalue weighted by Gasteiger charge is 2.23. The average molecular weight is 313 g/mol. The monoisotopic (exact) mass is 313 g/mol. The Morgan fingerprint density at radius 2 is 1.70 bits per heavy atom. The lowest BCUT2D eigenvalue weighted by Gasteiger charge is -2.34. The van der Waals surface area contributed by atoms with Crippen LogP contribution in [-0.2, 0) is 10.0 Å². The van der Waals surface area contributed by atoms with Gasteiger partial charge in [0.25, 0.3) is 0 Å². The third kappa shape index (κ3) is 3.91. The molecule has 1 aliphatic rings. The second kappa shape index (κ2) is 6.07. The molecule has 1 aromatic carbocycles. The van der Waals surface area contributed by atoms with E-state index in [0.717, 1.165) is 16.4 Å². The Labute approximate surface area is 125 Å². The molecule has 1 aliphatic heterocycles. The maximum Gasteiger partial charge on any atom is 0.211 e. The van der Waals surface area contributed by atoms with Crippen molar-refractivity contribution >= 4 is 38.6 Å². The zero-order chi connectivity index (χ0) is 14.8. The zero-order valence-corrected chi connectivity index (χ0v) is 13.3. The second-order valence-electron chi connectivity index (χ2n) is 4.88. The van der Waals surface area contributed by atoms with Gasteiger partial charge >= 0.3 is 0 Å². The van der Waals surface area contributed by atoms with Crippen molar-refractivity contribution in [2.75, 3.05) is 42.7 Å². The molecule has 0 spiro atoms. The third-order valence-electron chi connectivity index (χ3n) is 3.26. The Bertz CT molecular complexity index is 576. The molecule has 0 atom stereocenters. The van der Waals surface area contributed by atoms with Crippen LogP contribution in [0.4, 0.5) is 11.4 Å². The number of sulfonamides is 1. The van der Waals surface area contributed by atoms with Gasteiger partial charge in [-0.2, -0.15) is 4.31 Å². The largest absolute Gasteiger partial charge is 0.369 e. The van der Waals surface area contributed by atoms with Crippen molar-refractivity contribution in [2.45, 2.75) is 6.92 Å². The van der Waals surface area contributed by atoms with Crippen LogP contribution in [0.25, 0.3) is 0 Å². The lowest BCUT2D eigenvalue weighted by atomic mass is 10.2. The summed E-state index contributed by atoms with van der Waals surface area (Å²) in [5.74, 6) is 0. The first-order valence-corrected chi connectivity index (χ1v) is 8.69. The fourth-order valence-electron chi connectivity index (χ4n) is 2.24. The number of piperazine rings is 1. The predicted molar refractivity (Wildman–Crippen MR) is 87.0 cm³/mol. The minimum absolute atomic E-state index is 0.540. The Kier molecular flexibility index (Phi) is 4.62. The van der Waals surface area contributed by atoms with Crippen molar-refractivity contribution in [2.24, 2.45) is 0 Å². The molecule has 0 radical (unpaired) electrons. The van der Waals surface area contributed by atoms with Crippen molar-refractivity contribution in [3.8, 4) is 0 Å². The van der Waals surface area contributed by atoms with E-state index in [-0.39, 0.29) is 0 Å². The third-order valence-corrected chi connectivity index (χ3v) is 4.67. The molecule has 0 unspecified atom stereocenters. The van der Waals surface area contributed by atoms with Crippen LogP contribution >= 0.6 is 12.2 Å². The molecule has 7 heteroatoms. The SMILES string of the molecule is CC(=S)Nc1ccc(N2CCN(S(C)(=O)=O)CC2)cc1. The Morgan fingerprint density at radius 1 is 1.15 bits per heavy atom. The van der Waals surface area contributed by atoms with Crippen LogP contribution < -0.4 is 10.2 Å². The van der Waals surface area contributed by atoms with E-state index < -0.39 is 10.0 Å². The number of nitrogens with zero attached hydrogens (tertiary/aromatic N) is 2. The number of benzene rings is 1. The van der Waals surface area contributed by atoms with Gasteiger partial charge in [0.2, 0.25) is 10.0 Å². The average Bonchev–Trinajstić information content (AvgIpc) is 2.38. The van der Waals surface area contributed by atoms with Gasteiger partial charge in [-0.05, 0) is 31.2 Å². The Morgan fingerprint density at radius 3 is 2.15 bits per heavy atom. The van der Waals surface area contributed by atoms with E-state index in [0.29, 0.717) is 26.2 Å². The first-order chi connectivity index (χ1) is 9.36. The summed E-state index contributed by atoms with van der Waals surface area (Å²) in [6.07, 6.45) is 1.26. The molecule has 0 aliphatic carbocycles. The standard InChI is InChI=1S/C13H19N3O2S2/c1-11(19)14-12-3-5-13(6-4-12)15-7-9-16(10-8-15)20(2,17)18/h3-6H,7-10H2,1-2H3,(H,14,19). The van der Waals surface area contributed by atoms with E-state index in [1.165, 1.54) is 10.6 Å². The fourth-order valence-corrected chi connectivity index (χ4v) is 3.18. The number of rotatable bonds is 3. The molecule has 2 rings (SSSR count). The quantitative estimate of drug-likeness (QED) is 0.858. The van der Waals surface area contributed by atoms with Crippen molar-refractivity contribution in [3.63, 3.8) is 0 Å². The normalized spacial score (nSPS) is 17.0. The van der Waals surface area contributed by atoms with Crippen molar-refractivity contribution in [3.05, 3.63) is 24.3 Å². The lowest BCUT2D eigenvalue weighted by molar-refractivity contribution is 0.388. The lowest BCUT2D eigenvalue weighted by Crippen LogP contribution is -2.48. The van der Waals surface area contributed by atoms with E-state index in [4.69, 9.17) is 12.2 Å². The first-order valence-electron chi connectivity index (χ1n) is 6.44. The van der Waals surface area contributed by atoms with E-state index in [9.17, 15) is 8.42 Å². The van der Waals surface area contributed by atoms with Gasteiger partial charge in [-0.3, -0.25) is 0 Å². The summed E-state index contributed by atoms with van der Waals surface area (Å²) >= 11 is 5.00. The van der Waals surface area contributed by atoms with Crippen LogP contribution in [0.15, 0.2) is 24.3 Å².